The summed E-state index contributed by atoms with van der Waals surface area (Å²) in [6, 6.07) is 7.96. The molecule has 0 saturated heterocycles. The van der Waals surface area contributed by atoms with Crippen molar-refractivity contribution in [2.75, 3.05) is 0 Å². The van der Waals surface area contributed by atoms with E-state index in [1.54, 1.807) is 0 Å². The molecule has 1 aliphatic rings. The lowest BCUT2D eigenvalue weighted by Gasteiger charge is -2.34. The van der Waals surface area contributed by atoms with E-state index in [0.717, 1.165) is 22.0 Å². The summed E-state index contributed by atoms with van der Waals surface area (Å²) < 4.78 is 6.20. The largest absolute Gasteiger partial charge is 0.456 e. The van der Waals surface area contributed by atoms with Gasteiger partial charge >= 0.3 is 5.97 Å². The highest BCUT2D eigenvalue weighted by Crippen LogP contribution is 2.36. The van der Waals surface area contributed by atoms with Gasteiger partial charge < -0.3 is 4.74 Å². The average molecular weight is 316 g/mol. The minimum absolute atomic E-state index is 0.0967. The van der Waals surface area contributed by atoms with Crippen molar-refractivity contribution in [3.8, 4) is 0 Å². The molecule has 2 atom stereocenters. The third-order valence-electron chi connectivity index (χ3n) is 2.64. The molecule has 0 heterocycles. The van der Waals surface area contributed by atoms with Gasteiger partial charge in [0.1, 0.15) is 6.10 Å². The van der Waals surface area contributed by atoms with Gasteiger partial charge in [-0.05, 0) is 29.7 Å². The van der Waals surface area contributed by atoms with Crippen LogP contribution >= 0.6 is 27.5 Å². The van der Waals surface area contributed by atoms with Crippen LogP contribution in [0.5, 0.6) is 0 Å². The number of halogens is 2. The van der Waals surface area contributed by atoms with Gasteiger partial charge in [0.2, 0.25) is 0 Å². The van der Waals surface area contributed by atoms with E-state index < -0.39 is 0 Å². The van der Waals surface area contributed by atoms with Crippen LogP contribution in [-0.4, -0.2) is 17.5 Å². The smallest absolute Gasteiger partial charge is 0.303 e. The second kappa shape index (κ2) is 5.23. The van der Waals surface area contributed by atoms with E-state index in [1.165, 1.54) is 6.92 Å². The fourth-order valence-corrected chi connectivity index (χ4v) is 2.42. The van der Waals surface area contributed by atoms with Crippen LogP contribution in [-0.2, 0) is 9.53 Å². The second-order valence-electron chi connectivity index (χ2n) is 4.02. The molecule has 0 amide bonds. The first-order valence-corrected chi connectivity index (χ1v) is 6.56. The summed E-state index contributed by atoms with van der Waals surface area (Å²) in [5, 5.41) is -0.0967. The van der Waals surface area contributed by atoms with E-state index in [2.05, 4.69) is 15.9 Å². The van der Waals surface area contributed by atoms with Crippen molar-refractivity contribution in [2.24, 2.45) is 0 Å². The SMILES string of the molecule is CC(=O)O[C@H]1/C(=C/c2ccc(Br)cc2)C[C@@H]1Cl. The van der Waals surface area contributed by atoms with Crippen LogP contribution in [0.2, 0.25) is 0 Å². The highest BCUT2D eigenvalue weighted by Gasteiger charge is 2.37. The Balaban J connectivity index is 2.12. The zero-order valence-corrected chi connectivity index (χ0v) is 11.7. The zero-order valence-electron chi connectivity index (χ0n) is 9.32. The van der Waals surface area contributed by atoms with Crippen LogP contribution in [0.25, 0.3) is 6.08 Å². The van der Waals surface area contributed by atoms with E-state index in [1.807, 2.05) is 30.3 Å². The normalized spacial score (nSPS) is 25.5. The predicted octanol–water partition coefficient (Wildman–Crippen LogP) is 3.78. The van der Waals surface area contributed by atoms with Crippen molar-refractivity contribution in [2.45, 2.75) is 24.8 Å². The van der Waals surface area contributed by atoms with Gasteiger partial charge in [-0.15, -0.1) is 11.6 Å². The quantitative estimate of drug-likeness (QED) is 0.613. The van der Waals surface area contributed by atoms with E-state index in [4.69, 9.17) is 16.3 Å². The molecule has 2 rings (SSSR count). The fourth-order valence-electron chi connectivity index (χ4n) is 1.76. The van der Waals surface area contributed by atoms with Crippen molar-refractivity contribution >= 4 is 39.6 Å². The van der Waals surface area contributed by atoms with E-state index in [-0.39, 0.29) is 17.5 Å². The second-order valence-corrected chi connectivity index (χ2v) is 5.50. The average Bonchev–Trinajstić information content (AvgIpc) is 2.28. The third kappa shape index (κ3) is 3.11. The lowest BCUT2D eigenvalue weighted by molar-refractivity contribution is -0.146. The monoisotopic (exact) mass is 314 g/mol. The molecule has 0 aliphatic heterocycles. The maximum absolute atomic E-state index is 10.9. The number of carbonyl (C=O) groups is 1. The molecule has 1 fully saturated rings. The van der Waals surface area contributed by atoms with Crippen LogP contribution in [0.1, 0.15) is 18.9 Å². The lowest BCUT2D eigenvalue weighted by Crippen LogP contribution is -2.39. The Morgan fingerprint density at radius 2 is 2.12 bits per heavy atom. The van der Waals surface area contributed by atoms with E-state index >= 15 is 0 Å². The van der Waals surface area contributed by atoms with Gasteiger partial charge in [0.25, 0.3) is 0 Å². The van der Waals surface area contributed by atoms with Gasteiger partial charge in [-0.3, -0.25) is 4.79 Å². The van der Waals surface area contributed by atoms with Crippen LogP contribution in [0.4, 0.5) is 0 Å². The highest BCUT2D eigenvalue weighted by atomic mass is 79.9. The maximum atomic E-state index is 10.9. The molecular weight excluding hydrogens is 303 g/mol. The number of hydrogen-bond acceptors (Lipinski definition) is 2. The molecule has 0 bridgehead atoms. The Morgan fingerprint density at radius 1 is 1.47 bits per heavy atom. The summed E-state index contributed by atoms with van der Waals surface area (Å²) in [6.45, 7) is 1.40. The number of alkyl halides is 1. The molecule has 1 aromatic carbocycles. The van der Waals surface area contributed by atoms with Gasteiger partial charge in [0.15, 0.2) is 0 Å². The highest BCUT2D eigenvalue weighted by molar-refractivity contribution is 9.10. The van der Waals surface area contributed by atoms with Crippen LogP contribution in [0, 0.1) is 0 Å². The third-order valence-corrected chi connectivity index (χ3v) is 3.55. The van der Waals surface area contributed by atoms with Gasteiger partial charge in [-0.2, -0.15) is 0 Å². The molecule has 1 aromatic rings. The molecule has 4 heteroatoms. The molecule has 1 aliphatic carbocycles. The molecule has 1 saturated carbocycles. The van der Waals surface area contributed by atoms with Gasteiger partial charge in [-0.1, -0.05) is 34.1 Å². The first-order chi connectivity index (χ1) is 8.06. The first kappa shape index (κ1) is 12.7. The molecule has 17 heavy (non-hydrogen) atoms. The minimum Gasteiger partial charge on any atom is -0.456 e. The number of carbonyl (C=O) groups excluding carboxylic acids is 1. The molecule has 0 N–H and O–H groups in total. The van der Waals surface area contributed by atoms with Crippen molar-refractivity contribution in [3.63, 3.8) is 0 Å². The van der Waals surface area contributed by atoms with Crippen molar-refractivity contribution in [3.05, 3.63) is 39.9 Å². The Kier molecular flexibility index (Phi) is 3.89. The summed E-state index contributed by atoms with van der Waals surface area (Å²) >= 11 is 9.41. The first-order valence-electron chi connectivity index (χ1n) is 5.33. The Morgan fingerprint density at radius 3 is 2.65 bits per heavy atom. The number of esters is 1. The van der Waals surface area contributed by atoms with Gasteiger partial charge in [-0.25, -0.2) is 0 Å². The minimum atomic E-state index is -0.290. The van der Waals surface area contributed by atoms with Crippen molar-refractivity contribution < 1.29 is 9.53 Å². The van der Waals surface area contributed by atoms with E-state index in [9.17, 15) is 4.79 Å². The van der Waals surface area contributed by atoms with Crippen molar-refractivity contribution in [1.82, 2.24) is 0 Å². The summed E-state index contributed by atoms with van der Waals surface area (Å²) in [5.74, 6) is -0.290. The molecule has 0 unspecified atom stereocenters. The number of ether oxygens (including phenoxy) is 1. The Labute approximate surface area is 114 Å². The molecule has 0 aromatic heterocycles. The Hall–Kier alpha value is -0.800. The summed E-state index contributed by atoms with van der Waals surface area (Å²) in [7, 11) is 0. The van der Waals surface area contributed by atoms with Gasteiger partial charge in [0, 0.05) is 11.4 Å². The number of hydrogen-bond donors (Lipinski definition) is 0. The standard InChI is InChI=1S/C13H12BrClO2/c1-8(16)17-13-10(7-12(13)15)6-9-2-4-11(14)5-3-9/h2-6,12-13H,7H2,1H3/b10-6+/t12-,13-/m0/s1. The maximum Gasteiger partial charge on any atom is 0.303 e. The summed E-state index contributed by atoms with van der Waals surface area (Å²) in [4.78, 5) is 10.9. The molecule has 0 radical (unpaired) electrons. The van der Waals surface area contributed by atoms with Crippen LogP contribution < -0.4 is 0 Å². The Bertz CT molecular complexity index is 453. The number of rotatable bonds is 2. The van der Waals surface area contributed by atoms with Crippen LogP contribution in [0.3, 0.4) is 0 Å². The molecule has 90 valence electrons. The van der Waals surface area contributed by atoms with E-state index in [0.29, 0.717) is 0 Å². The van der Waals surface area contributed by atoms with Crippen molar-refractivity contribution in [1.29, 1.82) is 0 Å². The molecule has 0 spiro atoms. The zero-order chi connectivity index (χ0) is 12.4. The summed E-state index contributed by atoms with van der Waals surface area (Å²) in [6.07, 6.45) is 2.53. The lowest BCUT2D eigenvalue weighted by atomic mass is 9.86. The topological polar surface area (TPSA) is 26.3 Å². The molecular formula is C13H12BrClO2. The fraction of sp³-hybridized carbons (Fsp3) is 0.308. The predicted molar refractivity (Wildman–Crippen MR) is 71.9 cm³/mol. The van der Waals surface area contributed by atoms with Crippen LogP contribution in [0.15, 0.2) is 34.3 Å². The molecule has 2 nitrogen and oxygen atoms in total. The summed E-state index contributed by atoms with van der Waals surface area (Å²) in [5.41, 5.74) is 2.16. The number of benzene rings is 1. The van der Waals surface area contributed by atoms with Gasteiger partial charge in [0.05, 0.1) is 5.38 Å².